The van der Waals surface area contributed by atoms with E-state index in [1.807, 2.05) is 13.8 Å². The molecule has 0 radical (unpaired) electrons. The van der Waals surface area contributed by atoms with Gasteiger partial charge in [-0.15, -0.1) is 0 Å². The second-order valence-corrected chi connectivity index (χ2v) is 4.10. The Bertz CT molecular complexity index is 367. The Balaban J connectivity index is 3.05. The van der Waals surface area contributed by atoms with Crippen molar-refractivity contribution in [3.05, 3.63) is 0 Å². The molecule has 1 aliphatic rings. The second kappa shape index (κ2) is 5.50. The van der Waals surface area contributed by atoms with Gasteiger partial charge >= 0.3 is 0 Å². The molecule has 0 bridgehead atoms. The molecular weight excluding hydrogens is 208 g/mol. The van der Waals surface area contributed by atoms with Gasteiger partial charge in [0.1, 0.15) is 6.04 Å². The monoisotopic (exact) mass is 222 g/mol. The minimum Gasteiger partial charge on any atom is -0.297 e. The van der Waals surface area contributed by atoms with E-state index < -0.39 is 6.04 Å². The van der Waals surface area contributed by atoms with Crippen molar-refractivity contribution in [2.24, 2.45) is 21.8 Å². The van der Waals surface area contributed by atoms with Crippen LogP contribution in [0.2, 0.25) is 0 Å². The molecule has 4 atom stereocenters. The number of ketones is 1. The first-order valence-corrected chi connectivity index (χ1v) is 5.32. The number of rotatable bonds is 3. The fourth-order valence-electron chi connectivity index (χ4n) is 2.38. The van der Waals surface area contributed by atoms with E-state index in [0.29, 0.717) is 12.8 Å². The van der Waals surface area contributed by atoms with Gasteiger partial charge in [0.2, 0.25) is 12.2 Å². The number of isocyanates is 2. The summed E-state index contributed by atoms with van der Waals surface area (Å²) >= 11 is 0. The highest BCUT2D eigenvalue weighted by Crippen LogP contribution is 2.33. The maximum atomic E-state index is 11.7. The van der Waals surface area contributed by atoms with Crippen LogP contribution in [0.25, 0.3) is 0 Å². The lowest BCUT2D eigenvalue weighted by molar-refractivity contribution is -0.125. The van der Waals surface area contributed by atoms with Crippen LogP contribution < -0.4 is 0 Å². The molecule has 5 heteroatoms. The quantitative estimate of drug-likeness (QED) is 0.528. The van der Waals surface area contributed by atoms with Gasteiger partial charge in [0.15, 0.2) is 5.78 Å². The average Bonchev–Trinajstić information content (AvgIpc) is 2.25. The Morgan fingerprint density at radius 2 is 1.94 bits per heavy atom. The van der Waals surface area contributed by atoms with E-state index in [1.165, 1.54) is 12.2 Å². The number of Topliss-reactive ketones (excluding diaryl/α,β-unsaturated/α-hetero) is 1. The Kier molecular flexibility index (Phi) is 4.29. The standard InChI is InChI=1S/C11H14N2O3/c1-3-8-10(12-5-14)7(2)4-9(16)11(8)13-6-15/h7-8,10-11H,3-4H2,1-2H3. The number of hydrogen-bond acceptors (Lipinski definition) is 5. The predicted octanol–water partition coefficient (Wildman–Crippen LogP) is 1.03. The van der Waals surface area contributed by atoms with E-state index in [0.717, 1.165) is 0 Å². The third kappa shape index (κ3) is 2.32. The van der Waals surface area contributed by atoms with E-state index in [9.17, 15) is 14.4 Å². The Morgan fingerprint density at radius 3 is 2.44 bits per heavy atom. The molecule has 0 amide bonds. The fraction of sp³-hybridized carbons (Fsp3) is 0.727. The molecule has 0 heterocycles. The number of aliphatic imine (C=N–C) groups is 2. The molecule has 1 rings (SSSR count). The van der Waals surface area contributed by atoms with Crippen molar-refractivity contribution in [2.75, 3.05) is 0 Å². The highest BCUT2D eigenvalue weighted by atomic mass is 16.1. The minimum atomic E-state index is -0.694. The van der Waals surface area contributed by atoms with Crippen molar-refractivity contribution in [2.45, 2.75) is 38.8 Å². The molecule has 1 aliphatic carbocycles. The lowest BCUT2D eigenvalue weighted by atomic mass is 9.73. The van der Waals surface area contributed by atoms with Gasteiger partial charge in [0.25, 0.3) is 0 Å². The first-order valence-electron chi connectivity index (χ1n) is 5.32. The van der Waals surface area contributed by atoms with Crippen molar-refractivity contribution in [3.8, 4) is 0 Å². The van der Waals surface area contributed by atoms with Crippen LogP contribution in [0.4, 0.5) is 0 Å². The van der Waals surface area contributed by atoms with Gasteiger partial charge in [-0.2, -0.15) is 4.99 Å². The van der Waals surface area contributed by atoms with E-state index in [1.54, 1.807) is 0 Å². The summed E-state index contributed by atoms with van der Waals surface area (Å²) in [4.78, 5) is 39.6. The van der Waals surface area contributed by atoms with E-state index in [2.05, 4.69) is 9.98 Å². The van der Waals surface area contributed by atoms with Crippen molar-refractivity contribution < 1.29 is 14.4 Å². The first kappa shape index (κ1) is 12.5. The molecule has 1 saturated carbocycles. The van der Waals surface area contributed by atoms with Crippen LogP contribution in [-0.4, -0.2) is 30.0 Å². The lowest BCUT2D eigenvalue weighted by Gasteiger charge is -2.35. The summed E-state index contributed by atoms with van der Waals surface area (Å²) in [5, 5.41) is 0. The number of carbonyl (C=O) groups is 1. The average molecular weight is 222 g/mol. The molecule has 5 nitrogen and oxygen atoms in total. The zero-order valence-electron chi connectivity index (χ0n) is 9.34. The zero-order valence-corrected chi connectivity index (χ0v) is 9.34. The highest BCUT2D eigenvalue weighted by Gasteiger charge is 2.41. The molecule has 0 N–H and O–H groups in total. The molecule has 0 aromatic heterocycles. The second-order valence-electron chi connectivity index (χ2n) is 4.10. The van der Waals surface area contributed by atoms with Crippen LogP contribution in [0, 0.1) is 11.8 Å². The van der Waals surface area contributed by atoms with E-state index >= 15 is 0 Å². The molecule has 1 fully saturated rings. The Labute approximate surface area is 93.7 Å². The van der Waals surface area contributed by atoms with Gasteiger partial charge < -0.3 is 0 Å². The molecule has 0 aromatic carbocycles. The van der Waals surface area contributed by atoms with Crippen LogP contribution in [-0.2, 0) is 14.4 Å². The van der Waals surface area contributed by atoms with Crippen molar-refractivity contribution in [1.82, 2.24) is 0 Å². The molecule has 86 valence electrons. The van der Waals surface area contributed by atoms with Crippen molar-refractivity contribution in [3.63, 3.8) is 0 Å². The first-order chi connectivity index (χ1) is 7.65. The van der Waals surface area contributed by atoms with Crippen LogP contribution in [0.3, 0.4) is 0 Å². The molecule has 4 unspecified atom stereocenters. The summed E-state index contributed by atoms with van der Waals surface area (Å²) in [6.45, 7) is 3.75. The summed E-state index contributed by atoms with van der Waals surface area (Å²) in [6, 6.07) is -0.969. The topological polar surface area (TPSA) is 75.9 Å². The van der Waals surface area contributed by atoms with Gasteiger partial charge in [-0.25, -0.2) is 14.6 Å². The van der Waals surface area contributed by atoms with Gasteiger partial charge in [0.05, 0.1) is 6.04 Å². The van der Waals surface area contributed by atoms with E-state index in [4.69, 9.17) is 0 Å². The van der Waals surface area contributed by atoms with Gasteiger partial charge in [0, 0.05) is 12.3 Å². The van der Waals surface area contributed by atoms with Crippen LogP contribution >= 0.6 is 0 Å². The molecule has 0 saturated heterocycles. The smallest absolute Gasteiger partial charge is 0.235 e. The summed E-state index contributed by atoms with van der Waals surface area (Å²) in [7, 11) is 0. The van der Waals surface area contributed by atoms with Crippen LogP contribution in [0.5, 0.6) is 0 Å². The maximum Gasteiger partial charge on any atom is 0.235 e. The largest absolute Gasteiger partial charge is 0.297 e. The third-order valence-corrected chi connectivity index (χ3v) is 3.15. The Morgan fingerprint density at radius 1 is 1.31 bits per heavy atom. The van der Waals surface area contributed by atoms with Crippen molar-refractivity contribution >= 4 is 17.9 Å². The molecule has 0 spiro atoms. The normalized spacial score (nSPS) is 33.8. The number of carbonyl (C=O) groups excluding carboxylic acids is 3. The minimum absolute atomic E-state index is 0.00278. The molecule has 0 aliphatic heterocycles. The van der Waals surface area contributed by atoms with Crippen molar-refractivity contribution in [1.29, 1.82) is 0 Å². The van der Waals surface area contributed by atoms with Gasteiger partial charge in [-0.1, -0.05) is 13.8 Å². The number of hydrogen-bond donors (Lipinski definition) is 0. The van der Waals surface area contributed by atoms with E-state index in [-0.39, 0.29) is 23.7 Å². The predicted molar refractivity (Wildman–Crippen MR) is 56.4 cm³/mol. The number of nitrogens with zero attached hydrogens (tertiary/aromatic N) is 2. The fourth-order valence-corrected chi connectivity index (χ4v) is 2.38. The summed E-state index contributed by atoms with van der Waals surface area (Å²) in [5.41, 5.74) is 0. The summed E-state index contributed by atoms with van der Waals surface area (Å²) in [5.74, 6) is -0.267. The maximum absolute atomic E-state index is 11.7. The van der Waals surface area contributed by atoms with Crippen LogP contribution in [0.1, 0.15) is 26.7 Å². The third-order valence-electron chi connectivity index (χ3n) is 3.15. The summed E-state index contributed by atoms with van der Waals surface area (Å²) < 4.78 is 0. The highest BCUT2D eigenvalue weighted by molar-refractivity contribution is 5.86. The van der Waals surface area contributed by atoms with Gasteiger partial charge in [-0.05, 0) is 12.3 Å². The molecule has 16 heavy (non-hydrogen) atoms. The SMILES string of the molecule is CCC1C(N=C=O)C(=O)CC(C)C1N=C=O. The summed E-state index contributed by atoms with van der Waals surface area (Å²) in [6.07, 6.45) is 3.89. The molecule has 0 aromatic rings. The lowest BCUT2D eigenvalue weighted by Crippen LogP contribution is -2.44. The van der Waals surface area contributed by atoms with Crippen LogP contribution in [0.15, 0.2) is 9.98 Å². The van der Waals surface area contributed by atoms with Gasteiger partial charge in [-0.3, -0.25) is 4.79 Å². The molecular formula is C11H14N2O3. The zero-order chi connectivity index (χ0) is 12.1. The Hall–Kier alpha value is -1.57.